The second-order valence-electron chi connectivity index (χ2n) is 4.84. The van der Waals surface area contributed by atoms with Gasteiger partial charge in [0.2, 0.25) is 5.95 Å². The van der Waals surface area contributed by atoms with Crippen molar-refractivity contribution in [2.75, 3.05) is 12.4 Å². The van der Waals surface area contributed by atoms with Gasteiger partial charge in [-0.2, -0.15) is 0 Å². The van der Waals surface area contributed by atoms with E-state index in [4.69, 9.17) is 4.42 Å². The molecular weight excluding hydrogens is 292 g/mol. The predicted octanol–water partition coefficient (Wildman–Crippen LogP) is 2.71. The number of rotatable bonds is 5. The smallest absolute Gasteiger partial charge is 0.269 e. The number of anilines is 1. The minimum absolute atomic E-state index is 0.259. The number of amides is 1. The van der Waals surface area contributed by atoms with Crippen molar-refractivity contribution in [2.45, 2.75) is 6.54 Å². The number of carbonyl (C=O) groups is 1. The molecule has 1 amide bonds. The van der Waals surface area contributed by atoms with Crippen molar-refractivity contribution in [3.8, 4) is 11.3 Å². The topological polar surface area (TPSA) is 80.0 Å². The van der Waals surface area contributed by atoms with Crippen LogP contribution in [-0.4, -0.2) is 22.9 Å². The molecule has 0 saturated carbocycles. The van der Waals surface area contributed by atoms with Crippen molar-refractivity contribution < 1.29 is 9.21 Å². The van der Waals surface area contributed by atoms with Crippen LogP contribution in [0, 0.1) is 0 Å². The first-order valence-electron chi connectivity index (χ1n) is 7.19. The van der Waals surface area contributed by atoms with Crippen LogP contribution in [0.4, 0.5) is 5.95 Å². The fourth-order valence-electron chi connectivity index (χ4n) is 2.11. The van der Waals surface area contributed by atoms with E-state index >= 15 is 0 Å². The molecule has 0 fully saturated rings. The highest BCUT2D eigenvalue weighted by atomic mass is 16.3. The molecule has 0 bridgehead atoms. The van der Waals surface area contributed by atoms with Crippen LogP contribution >= 0.6 is 0 Å². The van der Waals surface area contributed by atoms with E-state index in [1.165, 1.54) is 0 Å². The molecule has 0 radical (unpaired) electrons. The summed E-state index contributed by atoms with van der Waals surface area (Å²) in [5.41, 5.74) is 1.91. The number of hydrogen-bond donors (Lipinski definition) is 2. The third-order valence-corrected chi connectivity index (χ3v) is 3.26. The molecule has 3 aromatic rings. The van der Waals surface area contributed by atoms with Gasteiger partial charge >= 0.3 is 0 Å². The Balaban J connectivity index is 1.93. The lowest BCUT2D eigenvalue weighted by atomic mass is 10.1. The van der Waals surface area contributed by atoms with Gasteiger partial charge in [-0.3, -0.25) is 4.79 Å². The third-order valence-electron chi connectivity index (χ3n) is 3.26. The van der Waals surface area contributed by atoms with Gasteiger partial charge in [0.05, 0.1) is 18.5 Å². The molecule has 0 unspecified atom stereocenters. The third kappa shape index (κ3) is 3.55. The minimum atomic E-state index is -0.259. The minimum Gasteiger partial charge on any atom is -0.467 e. The van der Waals surface area contributed by atoms with Gasteiger partial charge in [-0.05, 0) is 18.2 Å². The quantitative estimate of drug-likeness (QED) is 0.757. The molecule has 0 spiro atoms. The zero-order valence-corrected chi connectivity index (χ0v) is 12.6. The Morgan fingerprint density at radius 2 is 1.96 bits per heavy atom. The first kappa shape index (κ1) is 14.8. The monoisotopic (exact) mass is 308 g/mol. The fourth-order valence-corrected chi connectivity index (χ4v) is 2.11. The van der Waals surface area contributed by atoms with Crippen LogP contribution in [0.5, 0.6) is 0 Å². The first-order valence-corrected chi connectivity index (χ1v) is 7.19. The highest BCUT2D eigenvalue weighted by Crippen LogP contribution is 2.19. The van der Waals surface area contributed by atoms with E-state index in [-0.39, 0.29) is 5.91 Å². The summed E-state index contributed by atoms with van der Waals surface area (Å²) in [6.45, 7) is 0.443. The van der Waals surface area contributed by atoms with E-state index in [2.05, 4.69) is 20.6 Å². The lowest BCUT2D eigenvalue weighted by molar-refractivity contribution is 0.0958. The number of aromatic nitrogens is 2. The molecule has 0 aliphatic rings. The fraction of sp³-hybridized carbons (Fsp3) is 0.118. The molecule has 6 heteroatoms. The van der Waals surface area contributed by atoms with Gasteiger partial charge in [0.1, 0.15) is 11.5 Å². The molecular formula is C17H16N4O2. The van der Waals surface area contributed by atoms with Crippen LogP contribution in [0.15, 0.2) is 59.2 Å². The lowest BCUT2D eigenvalue weighted by Gasteiger charge is -2.09. The Labute approximate surface area is 133 Å². The number of hydrogen-bond acceptors (Lipinski definition) is 5. The maximum Gasteiger partial charge on any atom is 0.269 e. The summed E-state index contributed by atoms with van der Waals surface area (Å²) in [5.74, 6) is 0.882. The summed E-state index contributed by atoms with van der Waals surface area (Å²) < 4.78 is 5.27. The van der Waals surface area contributed by atoms with Crippen LogP contribution in [0.25, 0.3) is 11.3 Å². The molecule has 1 aromatic carbocycles. The molecule has 3 rings (SSSR count). The molecule has 23 heavy (non-hydrogen) atoms. The van der Waals surface area contributed by atoms with Gasteiger partial charge in [-0.15, -0.1) is 0 Å². The molecule has 0 aliphatic heterocycles. The van der Waals surface area contributed by atoms with E-state index in [1.807, 2.05) is 42.5 Å². The number of carbonyl (C=O) groups excluding carboxylic acids is 1. The first-order chi connectivity index (χ1) is 11.3. The van der Waals surface area contributed by atoms with Crippen LogP contribution in [0.2, 0.25) is 0 Å². The molecule has 116 valence electrons. The van der Waals surface area contributed by atoms with Gasteiger partial charge in [-0.25, -0.2) is 9.97 Å². The average molecular weight is 308 g/mol. The highest BCUT2D eigenvalue weighted by Gasteiger charge is 2.12. The van der Waals surface area contributed by atoms with Gasteiger partial charge in [-0.1, -0.05) is 30.3 Å². The maximum atomic E-state index is 11.9. The molecule has 0 aliphatic carbocycles. The van der Waals surface area contributed by atoms with Crippen molar-refractivity contribution >= 4 is 11.9 Å². The Morgan fingerprint density at radius 1 is 1.13 bits per heavy atom. The molecule has 6 nitrogen and oxygen atoms in total. The lowest BCUT2D eigenvalue weighted by Crippen LogP contribution is -2.20. The summed E-state index contributed by atoms with van der Waals surface area (Å²) in [4.78, 5) is 20.7. The number of nitrogens with zero attached hydrogens (tertiary/aromatic N) is 2. The largest absolute Gasteiger partial charge is 0.467 e. The Morgan fingerprint density at radius 3 is 2.65 bits per heavy atom. The van der Waals surface area contributed by atoms with Crippen LogP contribution in [0.1, 0.15) is 16.2 Å². The second-order valence-corrected chi connectivity index (χ2v) is 4.84. The van der Waals surface area contributed by atoms with E-state index in [1.54, 1.807) is 19.4 Å². The Kier molecular flexibility index (Phi) is 4.33. The molecule has 2 N–H and O–H groups in total. The van der Waals surface area contributed by atoms with E-state index in [0.717, 1.165) is 11.3 Å². The van der Waals surface area contributed by atoms with Crippen molar-refractivity contribution in [3.05, 3.63) is 66.2 Å². The summed E-state index contributed by atoms with van der Waals surface area (Å²) in [5, 5.41) is 5.66. The molecule has 0 saturated heterocycles. The summed E-state index contributed by atoms with van der Waals surface area (Å²) in [7, 11) is 1.57. The van der Waals surface area contributed by atoms with Crippen molar-refractivity contribution in [2.24, 2.45) is 0 Å². The summed E-state index contributed by atoms with van der Waals surface area (Å²) >= 11 is 0. The van der Waals surface area contributed by atoms with E-state index in [9.17, 15) is 4.79 Å². The van der Waals surface area contributed by atoms with Gasteiger partial charge < -0.3 is 15.1 Å². The van der Waals surface area contributed by atoms with Crippen LogP contribution < -0.4 is 10.6 Å². The standard InChI is InChI=1S/C17H16N4O2/c1-18-16(22)15-10-14(12-6-3-2-4-7-12)20-17(21-15)19-11-13-8-5-9-23-13/h2-10H,11H2,1H3,(H,18,22)(H,19,20,21). The Hall–Kier alpha value is -3.15. The maximum absolute atomic E-state index is 11.9. The van der Waals surface area contributed by atoms with Crippen molar-refractivity contribution in [1.82, 2.24) is 15.3 Å². The Bertz CT molecular complexity index is 786. The van der Waals surface area contributed by atoms with Gasteiger partial charge in [0.15, 0.2) is 0 Å². The van der Waals surface area contributed by atoms with Crippen molar-refractivity contribution in [1.29, 1.82) is 0 Å². The zero-order valence-electron chi connectivity index (χ0n) is 12.6. The highest BCUT2D eigenvalue weighted by molar-refractivity contribution is 5.93. The van der Waals surface area contributed by atoms with E-state index in [0.29, 0.717) is 23.9 Å². The summed E-state index contributed by atoms with van der Waals surface area (Å²) in [6, 6.07) is 15.0. The molecule has 2 heterocycles. The van der Waals surface area contributed by atoms with Crippen molar-refractivity contribution in [3.63, 3.8) is 0 Å². The number of nitrogens with one attached hydrogen (secondary N) is 2. The normalized spacial score (nSPS) is 10.3. The SMILES string of the molecule is CNC(=O)c1cc(-c2ccccc2)nc(NCc2ccco2)n1. The number of benzene rings is 1. The van der Waals surface area contributed by atoms with Crippen LogP contribution in [0.3, 0.4) is 0 Å². The predicted molar refractivity (Wildman–Crippen MR) is 86.9 cm³/mol. The molecule has 0 atom stereocenters. The molecule has 2 aromatic heterocycles. The van der Waals surface area contributed by atoms with Gasteiger partial charge in [0.25, 0.3) is 5.91 Å². The van der Waals surface area contributed by atoms with Gasteiger partial charge in [0, 0.05) is 12.6 Å². The summed E-state index contributed by atoms with van der Waals surface area (Å²) in [6.07, 6.45) is 1.61. The van der Waals surface area contributed by atoms with Crippen LogP contribution in [-0.2, 0) is 6.54 Å². The number of furan rings is 1. The zero-order chi connectivity index (χ0) is 16.1. The average Bonchev–Trinajstić information content (AvgIpc) is 3.13. The second kappa shape index (κ2) is 6.74. The van der Waals surface area contributed by atoms with E-state index < -0.39 is 0 Å².